The molecule has 0 aromatic carbocycles. The highest BCUT2D eigenvalue weighted by Crippen LogP contribution is 2.33. The summed E-state index contributed by atoms with van der Waals surface area (Å²) in [7, 11) is 4.70. The summed E-state index contributed by atoms with van der Waals surface area (Å²) in [6.45, 7) is 0. The van der Waals surface area contributed by atoms with Gasteiger partial charge in [0.15, 0.2) is 12.4 Å². The zero-order valence-corrected chi connectivity index (χ0v) is 4.87. The van der Waals surface area contributed by atoms with Gasteiger partial charge < -0.3 is 14.9 Å². The molecule has 10 heavy (non-hydrogen) atoms. The van der Waals surface area contributed by atoms with Gasteiger partial charge in [-0.3, -0.25) is 0 Å². The molecule has 1 heterocycles. The van der Waals surface area contributed by atoms with E-state index in [2.05, 4.69) is 4.74 Å². The number of aliphatic hydroxyl groups excluding tert-OH is 2. The highest BCUT2D eigenvalue weighted by atomic mass is 19.3. The maximum Gasteiger partial charge on any atom is 0.295 e. The lowest BCUT2D eigenvalue weighted by Gasteiger charge is -2.15. The van der Waals surface area contributed by atoms with Gasteiger partial charge in [-0.15, -0.1) is 0 Å². The Hall–Kier alpha value is -0.195. The van der Waals surface area contributed by atoms with E-state index in [1.807, 2.05) is 0 Å². The molecule has 0 spiro atoms. The van der Waals surface area contributed by atoms with Crippen molar-refractivity contribution in [3.05, 3.63) is 0 Å². The van der Waals surface area contributed by atoms with Crippen LogP contribution in [0.3, 0.4) is 0 Å². The molecule has 1 fully saturated rings. The molecule has 1 aliphatic rings. The quantitative estimate of drug-likeness (QED) is 0.427. The fourth-order valence-corrected chi connectivity index (χ4v) is 0.674. The summed E-state index contributed by atoms with van der Waals surface area (Å²) < 4.78 is 28.7. The Bertz CT molecular complexity index is 142. The summed E-state index contributed by atoms with van der Waals surface area (Å²) in [5, 5.41) is 17.0. The smallest absolute Gasteiger partial charge is 0.295 e. The monoisotopic (exact) mass is 150 g/mol. The van der Waals surface area contributed by atoms with E-state index >= 15 is 0 Å². The van der Waals surface area contributed by atoms with E-state index in [0.29, 0.717) is 0 Å². The van der Waals surface area contributed by atoms with Crippen molar-refractivity contribution in [2.45, 2.75) is 24.3 Å². The molecule has 0 saturated carbocycles. The molecule has 2 N–H and O–H groups in total. The first-order valence-corrected chi connectivity index (χ1v) is 2.61. The van der Waals surface area contributed by atoms with Crippen molar-refractivity contribution in [1.82, 2.24) is 0 Å². The van der Waals surface area contributed by atoms with Gasteiger partial charge in [0.2, 0.25) is 0 Å². The van der Waals surface area contributed by atoms with Gasteiger partial charge in [0.1, 0.15) is 7.85 Å². The first kappa shape index (κ1) is 7.91. The summed E-state index contributed by atoms with van der Waals surface area (Å²) in [6.07, 6.45) is -4.10. The molecular formula is C4H5BF2O3. The van der Waals surface area contributed by atoms with Gasteiger partial charge in [0.25, 0.3) is 5.92 Å². The minimum Gasteiger partial charge on any atom is -0.382 e. The summed E-state index contributed by atoms with van der Waals surface area (Å²) in [5.41, 5.74) is 0. The van der Waals surface area contributed by atoms with Gasteiger partial charge in [-0.25, -0.2) is 8.78 Å². The van der Waals surface area contributed by atoms with Crippen LogP contribution in [0.4, 0.5) is 8.78 Å². The molecule has 3 nitrogen and oxygen atoms in total. The molecule has 6 heteroatoms. The first-order chi connectivity index (χ1) is 4.46. The Morgan fingerprint density at radius 1 is 1.40 bits per heavy atom. The maximum absolute atomic E-state index is 12.3. The Kier molecular flexibility index (Phi) is 1.70. The predicted molar refractivity (Wildman–Crippen MR) is 27.6 cm³/mol. The van der Waals surface area contributed by atoms with E-state index in [0.717, 1.165) is 0 Å². The van der Waals surface area contributed by atoms with Crippen LogP contribution in [0.1, 0.15) is 0 Å². The van der Waals surface area contributed by atoms with E-state index in [1.54, 1.807) is 0 Å². The zero-order chi connectivity index (χ0) is 7.94. The molecule has 1 saturated heterocycles. The second-order valence-corrected chi connectivity index (χ2v) is 2.07. The van der Waals surface area contributed by atoms with E-state index in [1.165, 1.54) is 0 Å². The minimum absolute atomic E-state index is 1.88. The molecule has 1 aliphatic heterocycles. The first-order valence-electron chi connectivity index (χ1n) is 2.61. The third-order valence-electron chi connectivity index (χ3n) is 1.33. The minimum atomic E-state index is -3.56. The topological polar surface area (TPSA) is 49.7 Å². The van der Waals surface area contributed by atoms with Crippen molar-refractivity contribution >= 4 is 7.85 Å². The van der Waals surface area contributed by atoms with Crippen LogP contribution < -0.4 is 0 Å². The van der Waals surface area contributed by atoms with Crippen LogP contribution in [0.5, 0.6) is 0 Å². The molecule has 0 aromatic rings. The fraction of sp³-hybridized carbons (Fsp3) is 1.00. The number of aliphatic hydroxyl groups is 2. The van der Waals surface area contributed by atoms with Crippen molar-refractivity contribution in [3.63, 3.8) is 0 Å². The van der Waals surface area contributed by atoms with Gasteiger partial charge in [0.05, 0.1) is 6.00 Å². The number of alkyl halides is 2. The van der Waals surface area contributed by atoms with Gasteiger partial charge >= 0.3 is 0 Å². The Morgan fingerprint density at radius 2 is 1.90 bits per heavy atom. The van der Waals surface area contributed by atoms with Crippen molar-refractivity contribution in [2.24, 2.45) is 0 Å². The third kappa shape index (κ3) is 0.921. The summed E-state index contributed by atoms with van der Waals surface area (Å²) in [5.74, 6) is -3.56. The summed E-state index contributed by atoms with van der Waals surface area (Å²) >= 11 is 0. The molecule has 1 rings (SSSR count). The standard InChI is InChI=1S/C4H5BF2O3/c5-3-4(6,7)1(8)2(9)10-3/h1-3,8-9H. The second kappa shape index (κ2) is 2.15. The second-order valence-electron chi connectivity index (χ2n) is 2.07. The number of rotatable bonds is 0. The van der Waals surface area contributed by atoms with Gasteiger partial charge in [0, 0.05) is 0 Å². The van der Waals surface area contributed by atoms with Crippen LogP contribution in [0, 0.1) is 0 Å². The molecule has 3 unspecified atom stereocenters. The normalized spacial score (nSPS) is 45.8. The Morgan fingerprint density at radius 3 is 2.00 bits per heavy atom. The molecule has 0 aliphatic carbocycles. The van der Waals surface area contributed by atoms with E-state index in [-0.39, 0.29) is 0 Å². The molecule has 0 aromatic heterocycles. The average molecular weight is 150 g/mol. The van der Waals surface area contributed by atoms with Crippen LogP contribution >= 0.6 is 0 Å². The molecule has 0 bridgehead atoms. The largest absolute Gasteiger partial charge is 0.382 e. The van der Waals surface area contributed by atoms with Crippen LogP contribution in [0.15, 0.2) is 0 Å². The number of halogens is 2. The lowest BCUT2D eigenvalue weighted by atomic mass is 9.93. The molecule has 0 amide bonds. The number of hydrogen-bond donors (Lipinski definition) is 2. The highest BCUT2D eigenvalue weighted by molar-refractivity contribution is 6.12. The maximum atomic E-state index is 12.3. The van der Waals surface area contributed by atoms with Crippen LogP contribution in [0.25, 0.3) is 0 Å². The molecule has 2 radical (unpaired) electrons. The van der Waals surface area contributed by atoms with Crippen molar-refractivity contribution in [2.75, 3.05) is 0 Å². The van der Waals surface area contributed by atoms with Crippen molar-refractivity contribution in [3.8, 4) is 0 Å². The van der Waals surface area contributed by atoms with Crippen LogP contribution in [-0.2, 0) is 4.74 Å². The lowest BCUT2D eigenvalue weighted by Crippen LogP contribution is -2.39. The van der Waals surface area contributed by atoms with E-state index in [9.17, 15) is 8.78 Å². The fourth-order valence-electron chi connectivity index (χ4n) is 0.674. The van der Waals surface area contributed by atoms with Crippen molar-refractivity contribution < 1.29 is 23.7 Å². The summed E-state index contributed by atoms with van der Waals surface area (Å²) in [4.78, 5) is 0. The van der Waals surface area contributed by atoms with Crippen LogP contribution in [0.2, 0.25) is 0 Å². The number of hydrogen-bond acceptors (Lipinski definition) is 3. The van der Waals surface area contributed by atoms with E-state index in [4.69, 9.17) is 18.1 Å². The lowest BCUT2D eigenvalue weighted by molar-refractivity contribution is -0.129. The summed E-state index contributed by atoms with van der Waals surface area (Å²) in [6, 6.07) is -1.92. The van der Waals surface area contributed by atoms with Gasteiger partial charge in [-0.05, 0) is 0 Å². The average Bonchev–Trinajstić information content (AvgIpc) is 1.97. The SMILES string of the molecule is [B]C1OC(O)C(O)C1(F)F. The Labute approximate surface area is 57.0 Å². The van der Waals surface area contributed by atoms with E-state index < -0.39 is 24.3 Å². The third-order valence-corrected chi connectivity index (χ3v) is 1.33. The molecule has 3 atom stereocenters. The molecular weight excluding hydrogens is 145 g/mol. The highest BCUT2D eigenvalue weighted by Gasteiger charge is 2.55. The Balaban J connectivity index is 2.75. The predicted octanol–water partition coefficient (Wildman–Crippen LogP) is -1.17. The van der Waals surface area contributed by atoms with Gasteiger partial charge in [-0.2, -0.15) is 0 Å². The number of ether oxygens (including phenoxy) is 1. The molecule has 56 valence electrons. The zero-order valence-electron chi connectivity index (χ0n) is 4.87. The van der Waals surface area contributed by atoms with Crippen LogP contribution in [-0.4, -0.2) is 42.4 Å². The van der Waals surface area contributed by atoms with Crippen molar-refractivity contribution in [1.29, 1.82) is 0 Å². The van der Waals surface area contributed by atoms with Gasteiger partial charge in [-0.1, -0.05) is 0 Å².